The normalized spacial score (nSPS) is 23.2. The Morgan fingerprint density at radius 2 is 1.81 bits per heavy atom. The molecule has 0 radical (unpaired) electrons. The summed E-state index contributed by atoms with van der Waals surface area (Å²) in [4.78, 5) is 5.66. The van der Waals surface area contributed by atoms with Crippen molar-refractivity contribution in [3.63, 3.8) is 0 Å². The number of nitrogens with one attached hydrogen (secondary N) is 1. The largest absolute Gasteiger partial charge is 0.314 e. The highest BCUT2D eigenvalue weighted by Gasteiger charge is 2.22. The maximum Gasteiger partial charge on any atom is 0.175 e. The van der Waals surface area contributed by atoms with Gasteiger partial charge in [-0.05, 0) is 62.4 Å². The van der Waals surface area contributed by atoms with E-state index in [9.17, 15) is 8.42 Å². The Labute approximate surface area is 158 Å². The fourth-order valence-electron chi connectivity index (χ4n) is 4.17. The molecule has 2 saturated heterocycles. The molecule has 0 saturated carbocycles. The Bertz CT molecular complexity index is 654. The lowest BCUT2D eigenvalue weighted by molar-refractivity contribution is 0.125. The highest BCUT2D eigenvalue weighted by atomic mass is 32.2. The fraction of sp³-hybridized carbons (Fsp3) is 0.700. The van der Waals surface area contributed by atoms with Crippen molar-refractivity contribution in [1.82, 2.24) is 15.1 Å². The summed E-state index contributed by atoms with van der Waals surface area (Å²) in [6, 6.07) is 7.38. The number of likely N-dealkylation sites (tertiary alicyclic amines) is 1. The second kappa shape index (κ2) is 9.31. The summed E-state index contributed by atoms with van der Waals surface area (Å²) < 4.78 is 23.0. The maximum absolute atomic E-state index is 11.5. The Morgan fingerprint density at radius 3 is 2.50 bits per heavy atom. The van der Waals surface area contributed by atoms with Crippen LogP contribution in [0.3, 0.4) is 0 Å². The van der Waals surface area contributed by atoms with E-state index in [-0.39, 0.29) is 0 Å². The summed E-state index contributed by atoms with van der Waals surface area (Å²) in [5.74, 6) is 0.816. The molecular formula is C20H33N3O2S. The molecule has 0 amide bonds. The molecule has 0 aliphatic carbocycles. The number of aryl methyl sites for hydroxylation is 1. The van der Waals surface area contributed by atoms with Crippen molar-refractivity contribution in [3.05, 3.63) is 29.8 Å². The second-order valence-corrected chi connectivity index (χ2v) is 9.89. The first-order valence-electron chi connectivity index (χ1n) is 9.95. The van der Waals surface area contributed by atoms with Crippen molar-refractivity contribution in [2.75, 3.05) is 58.6 Å². The molecule has 0 unspecified atom stereocenters. The summed E-state index contributed by atoms with van der Waals surface area (Å²) in [7, 11) is -3.09. The van der Waals surface area contributed by atoms with Crippen molar-refractivity contribution in [2.24, 2.45) is 5.92 Å². The van der Waals surface area contributed by atoms with Crippen molar-refractivity contribution in [1.29, 1.82) is 0 Å². The van der Waals surface area contributed by atoms with Crippen LogP contribution < -0.4 is 5.32 Å². The molecular weight excluding hydrogens is 346 g/mol. The van der Waals surface area contributed by atoms with E-state index in [1.807, 2.05) is 12.1 Å². The lowest BCUT2D eigenvalue weighted by Crippen LogP contribution is -2.48. The third-order valence-corrected chi connectivity index (χ3v) is 6.75. The number of benzene rings is 1. The van der Waals surface area contributed by atoms with Gasteiger partial charge in [-0.25, -0.2) is 8.42 Å². The number of rotatable bonds is 7. The van der Waals surface area contributed by atoms with Crippen LogP contribution in [0.25, 0.3) is 0 Å². The van der Waals surface area contributed by atoms with Crippen LogP contribution in [0.15, 0.2) is 29.2 Å². The number of nitrogens with zero attached hydrogens (tertiary/aromatic N) is 2. The minimum absolute atomic E-state index is 0.410. The molecule has 2 aliphatic rings. The molecule has 2 fully saturated rings. The minimum atomic E-state index is -3.09. The Balaban J connectivity index is 1.40. The van der Waals surface area contributed by atoms with E-state index in [1.54, 1.807) is 12.1 Å². The number of sulfone groups is 1. The molecule has 1 aromatic rings. The lowest BCUT2D eigenvalue weighted by Gasteiger charge is -2.37. The van der Waals surface area contributed by atoms with Crippen LogP contribution >= 0.6 is 0 Å². The molecule has 2 heterocycles. The maximum atomic E-state index is 11.5. The summed E-state index contributed by atoms with van der Waals surface area (Å²) in [5, 5.41) is 3.43. The molecule has 5 nitrogen and oxygen atoms in total. The Hall–Kier alpha value is -0.950. The Morgan fingerprint density at radius 1 is 1.08 bits per heavy atom. The molecule has 2 aliphatic heterocycles. The van der Waals surface area contributed by atoms with Gasteiger partial charge < -0.3 is 15.1 Å². The van der Waals surface area contributed by atoms with Crippen LogP contribution in [0.4, 0.5) is 0 Å². The van der Waals surface area contributed by atoms with Gasteiger partial charge in [0.1, 0.15) is 0 Å². The minimum Gasteiger partial charge on any atom is -0.314 e. The average molecular weight is 380 g/mol. The van der Waals surface area contributed by atoms with Crippen molar-refractivity contribution in [2.45, 2.75) is 30.6 Å². The zero-order valence-corrected chi connectivity index (χ0v) is 16.8. The summed E-state index contributed by atoms with van der Waals surface area (Å²) in [6.45, 7) is 9.52. The van der Waals surface area contributed by atoms with E-state index in [0.29, 0.717) is 4.90 Å². The smallest absolute Gasteiger partial charge is 0.175 e. The molecule has 1 aromatic carbocycles. The summed E-state index contributed by atoms with van der Waals surface area (Å²) >= 11 is 0. The van der Waals surface area contributed by atoms with Crippen LogP contribution in [0.2, 0.25) is 0 Å². The summed E-state index contributed by atoms with van der Waals surface area (Å²) in [6.07, 6.45) is 6.10. The molecule has 1 atom stereocenters. The number of hydrogen-bond donors (Lipinski definition) is 1. The SMILES string of the molecule is CS(=O)(=O)c1ccc(CCCN2CCC[C@@H](CN3CCNCC3)C2)cc1. The van der Waals surface area contributed by atoms with E-state index >= 15 is 0 Å². The van der Waals surface area contributed by atoms with Gasteiger partial charge in [0.15, 0.2) is 9.84 Å². The van der Waals surface area contributed by atoms with Gasteiger partial charge in [-0.3, -0.25) is 0 Å². The van der Waals surface area contributed by atoms with E-state index in [1.165, 1.54) is 57.4 Å². The van der Waals surface area contributed by atoms with Gasteiger partial charge in [-0.15, -0.1) is 0 Å². The molecule has 0 spiro atoms. The number of piperidine rings is 1. The van der Waals surface area contributed by atoms with Crippen LogP contribution in [0.1, 0.15) is 24.8 Å². The third-order valence-electron chi connectivity index (χ3n) is 5.62. The van der Waals surface area contributed by atoms with Gasteiger partial charge in [0.25, 0.3) is 0 Å². The topological polar surface area (TPSA) is 52.7 Å². The van der Waals surface area contributed by atoms with Crippen molar-refractivity contribution >= 4 is 9.84 Å². The van der Waals surface area contributed by atoms with Crippen molar-refractivity contribution < 1.29 is 8.42 Å². The highest BCUT2D eigenvalue weighted by Crippen LogP contribution is 2.19. The fourth-order valence-corrected chi connectivity index (χ4v) is 4.80. The second-order valence-electron chi connectivity index (χ2n) is 7.88. The van der Waals surface area contributed by atoms with Crippen molar-refractivity contribution in [3.8, 4) is 0 Å². The van der Waals surface area contributed by atoms with E-state index in [2.05, 4.69) is 15.1 Å². The average Bonchev–Trinajstić information content (AvgIpc) is 2.63. The Kier molecular flexibility index (Phi) is 7.09. The van der Waals surface area contributed by atoms with Crippen LogP contribution in [0, 0.1) is 5.92 Å². The summed E-state index contributed by atoms with van der Waals surface area (Å²) in [5.41, 5.74) is 1.23. The molecule has 26 heavy (non-hydrogen) atoms. The molecule has 0 bridgehead atoms. The zero-order chi connectivity index (χ0) is 18.4. The van der Waals surface area contributed by atoms with Gasteiger partial charge >= 0.3 is 0 Å². The van der Waals surface area contributed by atoms with Gasteiger partial charge in [0, 0.05) is 45.5 Å². The highest BCUT2D eigenvalue weighted by molar-refractivity contribution is 7.90. The zero-order valence-electron chi connectivity index (χ0n) is 16.0. The van der Waals surface area contributed by atoms with E-state index in [0.717, 1.165) is 38.4 Å². The van der Waals surface area contributed by atoms with Crippen LogP contribution in [0.5, 0.6) is 0 Å². The third kappa shape index (κ3) is 6.05. The standard InChI is InChI=1S/C20H33N3O2S/c1-26(24,25)20-8-6-18(7-9-20)4-2-12-22-13-3-5-19(16-22)17-23-14-10-21-11-15-23/h6-9,19,21H,2-5,10-17H2,1H3/t19-/m1/s1. The van der Waals surface area contributed by atoms with Gasteiger partial charge in [0.2, 0.25) is 0 Å². The predicted octanol–water partition coefficient (Wildman–Crippen LogP) is 1.64. The number of hydrogen-bond acceptors (Lipinski definition) is 5. The quantitative estimate of drug-likeness (QED) is 0.781. The number of piperazine rings is 1. The molecule has 3 rings (SSSR count). The monoisotopic (exact) mass is 379 g/mol. The first-order valence-corrected chi connectivity index (χ1v) is 11.8. The predicted molar refractivity (Wildman–Crippen MR) is 106 cm³/mol. The molecule has 6 heteroatoms. The van der Waals surface area contributed by atoms with E-state index in [4.69, 9.17) is 0 Å². The van der Waals surface area contributed by atoms with E-state index < -0.39 is 9.84 Å². The first kappa shape index (κ1) is 19.8. The van der Waals surface area contributed by atoms with Gasteiger partial charge in [-0.2, -0.15) is 0 Å². The van der Waals surface area contributed by atoms with Gasteiger partial charge in [0.05, 0.1) is 4.90 Å². The molecule has 1 N–H and O–H groups in total. The van der Waals surface area contributed by atoms with Crippen LogP contribution in [-0.4, -0.2) is 76.8 Å². The lowest BCUT2D eigenvalue weighted by atomic mass is 9.96. The first-order chi connectivity index (χ1) is 12.5. The molecule has 0 aromatic heterocycles. The molecule has 146 valence electrons. The van der Waals surface area contributed by atoms with Crippen LogP contribution in [-0.2, 0) is 16.3 Å². The van der Waals surface area contributed by atoms with Gasteiger partial charge in [-0.1, -0.05) is 12.1 Å².